The van der Waals surface area contributed by atoms with Crippen molar-refractivity contribution in [3.63, 3.8) is 0 Å². The van der Waals surface area contributed by atoms with Gasteiger partial charge in [0, 0.05) is 19.6 Å². The molecular weight excluding hydrogens is 260 g/mol. The van der Waals surface area contributed by atoms with Gasteiger partial charge in [-0.1, -0.05) is 13.3 Å². The molecule has 1 heterocycles. The fourth-order valence-electron chi connectivity index (χ4n) is 2.48. The first kappa shape index (κ1) is 16.9. The second-order valence-corrected chi connectivity index (χ2v) is 4.77. The predicted molar refractivity (Wildman–Crippen MR) is 75.3 cm³/mol. The predicted octanol–water partition coefficient (Wildman–Crippen LogP) is 0.555. The van der Waals surface area contributed by atoms with Crippen molar-refractivity contribution in [3.05, 3.63) is 0 Å². The summed E-state index contributed by atoms with van der Waals surface area (Å²) in [6, 6.07) is -0.777. The van der Waals surface area contributed by atoms with E-state index in [-0.39, 0.29) is 18.0 Å². The second kappa shape index (κ2) is 8.92. The molecule has 1 saturated heterocycles. The van der Waals surface area contributed by atoms with Gasteiger partial charge in [0.25, 0.3) is 0 Å². The lowest BCUT2D eigenvalue weighted by atomic mass is 10.1. The molecule has 116 valence electrons. The first-order valence-electron chi connectivity index (χ1n) is 7.45. The van der Waals surface area contributed by atoms with Gasteiger partial charge in [-0.2, -0.15) is 0 Å². The Labute approximate surface area is 120 Å². The van der Waals surface area contributed by atoms with Gasteiger partial charge in [-0.15, -0.1) is 0 Å². The molecule has 2 atom stereocenters. The summed E-state index contributed by atoms with van der Waals surface area (Å²) in [5.74, 6) is -0.518. The molecule has 6 nitrogen and oxygen atoms in total. The lowest BCUT2D eigenvalue weighted by Crippen LogP contribution is -2.60. The Morgan fingerprint density at radius 2 is 1.95 bits per heavy atom. The number of hydrogen-bond donors (Lipinski definition) is 1. The number of carbonyl (C=O) groups excluding carboxylic acids is 2. The Kier molecular flexibility index (Phi) is 7.54. The lowest BCUT2D eigenvalue weighted by molar-refractivity contribution is -0.158. The first-order chi connectivity index (χ1) is 9.65. The van der Waals surface area contributed by atoms with Crippen LogP contribution < -0.4 is 5.32 Å². The average Bonchev–Trinajstić information content (AvgIpc) is 2.45. The summed E-state index contributed by atoms with van der Waals surface area (Å²) in [7, 11) is 0. The van der Waals surface area contributed by atoms with Crippen LogP contribution in [0.4, 0.5) is 0 Å². The molecule has 0 aromatic heterocycles. The van der Waals surface area contributed by atoms with E-state index in [9.17, 15) is 9.59 Å². The zero-order chi connectivity index (χ0) is 15.0. The van der Waals surface area contributed by atoms with Crippen LogP contribution in [0.15, 0.2) is 0 Å². The minimum absolute atomic E-state index is 0.245. The second-order valence-electron chi connectivity index (χ2n) is 4.77. The number of piperazine rings is 1. The number of nitrogens with zero attached hydrogens (tertiary/aromatic N) is 1. The van der Waals surface area contributed by atoms with E-state index in [0.29, 0.717) is 32.7 Å². The van der Waals surface area contributed by atoms with Crippen LogP contribution in [0, 0.1) is 0 Å². The highest BCUT2D eigenvalue weighted by atomic mass is 16.5. The van der Waals surface area contributed by atoms with Gasteiger partial charge in [0.2, 0.25) is 0 Å². The maximum atomic E-state index is 12.1. The Hall–Kier alpha value is -1.14. The lowest BCUT2D eigenvalue weighted by Gasteiger charge is -2.38. The summed E-state index contributed by atoms with van der Waals surface area (Å²) in [4.78, 5) is 26.1. The van der Waals surface area contributed by atoms with Crippen molar-refractivity contribution in [2.24, 2.45) is 0 Å². The fourth-order valence-corrected chi connectivity index (χ4v) is 2.48. The molecule has 0 amide bonds. The van der Waals surface area contributed by atoms with E-state index in [1.165, 1.54) is 0 Å². The van der Waals surface area contributed by atoms with Crippen LogP contribution in [0.25, 0.3) is 0 Å². The summed E-state index contributed by atoms with van der Waals surface area (Å²) in [6.07, 6.45) is 1.55. The third kappa shape index (κ3) is 4.45. The van der Waals surface area contributed by atoms with Gasteiger partial charge in [0.1, 0.15) is 12.1 Å². The van der Waals surface area contributed by atoms with Crippen molar-refractivity contribution in [3.8, 4) is 0 Å². The Morgan fingerprint density at radius 1 is 1.25 bits per heavy atom. The number of rotatable bonds is 7. The molecule has 0 saturated carbocycles. The van der Waals surface area contributed by atoms with Gasteiger partial charge in [0.05, 0.1) is 13.2 Å². The first-order valence-corrected chi connectivity index (χ1v) is 7.45. The van der Waals surface area contributed by atoms with Crippen molar-refractivity contribution in [2.75, 3.05) is 32.8 Å². The Bertz CT molecular complexity index is 322. The molecule has 1 aliphatic rings. The SMILES string of the molecule is CCCC(C(=O)OCC)N1CCNCC1C(=O)OCC. The molecule has 1 N–H and O–H groups in total. The maximum absolute atomic E-state index is 12.1. The van der Waals surface area contributed by atoms with Crippen molar-refractivity contribution in [1.29, 1.82) is 0 Å². The molecule has 0 spiro atoms. The van der Waals surface area contributed by atoms with Gasteiger partial charge in [-0.3, -0.25) is 14.5 Å². The van der Waals surface area contributed by atoms with Gasteiger partial charge < -0.3 is 14.8 Å². The van der Waals surface area contributed by atoms with E-state index < -0.39 is 6.04 Å². The highest BCUT2D eigenvalue weighted by Crippen LogP contribution is 2.16. The topological polar surface area (TPSA) is 67.9 Å². The molecule has 1 fully saturated rings. The highest BCUT2D eigenvalue weighted by Gasteiger charge is 2.37. The van der Waals surface area contributed by atoms with Crippen LogP contribution in [-0.4, -0.2) is 61.8 Å². The molecule has 0 aromatic carbocycles. The van der Waals surface area contributed by atoms with E-state index in [1.807, 2.05) is 11.8 Å². The molecule has 0 radical (unpaired) electrons. The quantitative estimate of drug-likeness (QED) is 0.690. The number of ether oxygens (including phenoxy) is 2. The van der Waals surface area contributed by atoms with E-state index in [0.717, 1.165) is 13.0 Å². The smallest absolute Gasteiger partial charge is 0.324 e. The number of hydrogen-bond acceptors (Lipinski definition) is 6. The van der Waals surface area contributed by atoms with Gasteiger partial charge in [-0.25, -0.2) is 0 Å². The molecule has 0 bridgehead atoms. The van der Waals surface area contributed by atoms with Crippen molar-refractivity contribution in [1.82, 2.24) is 10.2 Å². The van der Waals surface area contributed by atoms with Gasteiger partial charge in [0.15, 0.2) is 0 Å². The minimum atomic E-state index is -0.412. The number of nitrogens with one attached hydrogen (secondary N) is 1. The molecule has 1 rings (SSSR count). The summed E-state index contributed by atoms with van der Waals surface area (Å²) in [6.45, 7) is 8.22. The van der Waals surface area contributed by atoms with Crippen LogP contribution >= 0.6 is 0 Å². The molecule has 0 aromatic rings. The summed E-state index contributed by atoms with van der Waals surface area (Å²) in [5.41, 5.74) is 0. The van der Waals surface area contributed by atoms with Crippen molar-refractivity contribution in [2.45, 2.75) is 45.7 Å². The highest BCUT2D eigenvalue weighted by molar-refractivity contribution is 5.80. The monoisotopic (exact) mass is 286 g/mol. The summed E-state index contributed by atoms with van der Waals surface area (Å²) < 4.78 is 10.3. The van der Waals surface area contributed by atoms with E-state index in [1.54, 1.807) is 13.8 Å². The Morgan fingerprint density at radius 3 is 2.55 bits per heavy atom. The molecule has 2 unspecified atom stereocenters. The largest absolute Gasteiger partial charge is 0.465 e. The standard InChI is InChI=1S/C14H26N2O4/c1-4-7-11(13(17)19-5-2)16-9-8-15-10-12(16)14(18)20-6-3/h11-12,15H,4-10H2,1-3H3. The van der Waals surface area contributed by atoms with Crippen LogP contribution in [0.5, 0.6) is 0 Å². The molecular formula is C14H26N2O4. The summed E-state index contributed by atoms with van der Waals surface area (Å²) in [5, 5.41) is 3.18. The van der Waals surface area contributed by atoms with Crippen LogP contribution in [0.2, 0.25) is 0 Å². The summed E-state index contributed by atoms with van der Waals surface area (Å²) >= 11 is 0. The number of esters is 2. The van der Waals surface area contributed by atoms with E-state index in [2.05, 4.69) is 5.32 Å². The van der Waals surface area contributed by atoms with Crippen LogP contribution in [0.3, 0.4) is 0 Å². The molecule has 0 aliphatic carbocycles. The third-order valence-corrected chi connectivity index (χ3v) is 3.36. The van der Waals surface area contributed by atoms with Crippen LogP contribution in [0.1, 0.15) is 33.6 Å². The normalized spacial score (nSPS) is 21.2. The number of carbonyl (C=O) groups is 2. The molecule has 1 aliphatic heterocycles. The molecule has 20 heavy (non-hydrogen) atoms. The Balaban J connectivity index is 2.83. The maximum Gasteiger partial charge on any atom is 0.324 e. The van der Waals surface area contributed by atoms with Crippen LogP contribution in [-0.2, 0) is 19.1 Å². The minimum Gasteiger partial charge on any atom is -0.465 e. The van der Waals surface area contributed by atoms with Crippen molar-refractivity contribution >= 4 is 11.9 Å². The zero-order valence-electron chi connectivity index (χ0n) is 12.7. The van der Waals surface area contributed by atoms with Gasteiger partial charge in [-0.05, 0) is 20.3 Å². The van der Waals surface area contributed by atoms with Gasteiger partial charge >= 0.3 is 11.9 Å². The van der Waals surface area contributed by atoms with E-state index >= 15 is 0 Å². The zero-order valence-corrected chi connectivity index (χ0v) is 12.7. The fraction of sp³-hybridized carbons (Fsp3) is 0.857. The van der Waals surface area contributed by atoms with E-state index in [4.69, 9.17) is 9.47 Å². The van der Waals surface area contributed by atoms with Crippen molar-refractivity contribution < 1.29 is 19.1 Å². The molecule has 6 heteroatoms. The third-order valence-electron chi connectivity index (χ3n) is 3.36. The average molecular weight is 286 g/mol.